The lowest BCUT2D eigenvalue weighted by Gasteiger charge is -2.10. The number of nitrogens with one attached hydrogen (secondary N) is 1. The first-order valence-corrected chi connectivity index (χ1v) is 7.42. The van der Waals surface area contributed by atoms with Crippen LogP contribution in [0.4, 0.5) is 11.8 Å². The summed E-state index contributed by atoms with van der Waals surface area (Å²) in [5.41, 5.74) is 7.56. The van der Waals surface area contributed by atoms with Crippen LogP contribution in [-0.2, 0) is 6.54 Å². The Morgan fingerprint density at radius 1 is 1.09 bits per heavy atom. The van der Waals surface area contributed by atoms with Gasteiger partial charge in [0.1, 0.15) is 5.82 Å². The summed E-state index contributed by atoms with van der Waals surface area (Å²) in [5, 5.41) is 4.73. The second kappa shape index (κ2) is 5.48. The molecule has 6 nitrogen and oxygen atoms in total. The van der Waals surface area contributed by atoms with Gasteiger partial charge in [-0.25, -0.2) is 4.98 Å². The van der Waals surface area contributed by atoms with Gasteiger partial charge in [0.05, 0.1) is 5.52 Å². The third kappa shape index (κ3) is 2.68. The Balaban J connectivity index is 1.63. The predicted molar refractivity (Wildman–Crippen MR) is 88.9 cm³/mol. The van der Waals surface area contributed by atoms with Crippen LogP contribution in [0.1, 0.15) is 5.56 Å². The van der Waals surface area contributed by atoms with Crippen LogP contribution in [0.25, 0.3) is 10.9 Å². The van der Waals surface area contributed by atoms with Crippen molar-refractivity contribution in [1.82, 2.24) is 9.97 Å². The summed E-state index contributed by atoms with van der Waals surface area (Å²) in [6, 6.07) is 11.2. The van der Waals surface area contributed by atoms with E-state index >= 15 is 0 Å². The monoisotopic (exact) mass is 328 g/mol. The van der Waals surface area contributed by atoms with E-state index in [1.54, 1.807) is 6.07 Å². The Kier molecular flexibility index (Phi) is 3.31. The minimum Gasteiger partial charge on any atom is -0.454 e. The van der Waals surface area contributed by atoms with Gasteiger partial charge in [0.2, 0.25) is 12.7 Å². The number of fused-ring (bicyclic) bond motifs is 2. The van der Waals surface area contributed by atoms with E-state index in [0.717, 1.165) is 28.0 Å². The molecule has 1 aromatic heterocycles. The normalized spacial score (nSPS) is 12.6. The quantitative estimate of drug-likeness (QED) is 0.768. The fraction of sp³-hybridized carbons (Fsp3) is 0.125. The number of nitrogens with two attached hydrogens (primary N) is 1. The maximum absolute atomic E-state index is 6.07. The average Bonchev–Trinajstić information content (AvgIpc) is 3.00. The van der Waals surface area contributed by atoms with E-state index in [4.69, 9.17) is 26.8 Å². The van der Waals surface area contributed by atoms with Crippen molar-refractivity contribution >= 4 is 34.3 Å². The highest BCUT2D eigenvalue weighted by molar-refractivity contribution is 6.31. The molecule has 3 N–H and O–H groups in total. The number of nitrogen functional groups attached to an aromatic ring is 1. The van der Waals surface area contributed by atoms with Crippen molar-refractivity contribution < 1.29 is 9.47 Å². The predicted octanol–water partition coefficient (Wildman–Crippen LogP) is 3.21. The molecule has 23 heavy (non-hydrogen) atoms. The summed E-state index contributed by atoms with van der Waals surface area (Å²) in [6.45, 7) is 0.826. The van der Waals surface area contributed by atoms with Crippen molar-refractivity contribution in [2.24, 2.45) is 0 Å². The number of nitrogens with zero attached hydrogens (tertiary/aromatic N) is 2. The SMILES string of the molecule is Nc1nc(NCc2ccc3c(c2)OCO3)c2cc(Cl)ccc2n1. The van der Waals surface area contributed by atoms with Crippen molar-refractivity contribution in [2.45, 2.75) is 6.54 Å². The third-order valence-electron chi connectivity index (χ3n) is 3.57. The summed E-state index contributed by atoms with van der Waals surface area (Å²) in [6.07, 6.45) is 0. The molecular formula is C16H13ClN4O2. The molecule has 0 unspecified atom stereocenters. The minimum absolute atomic E-state index is 0.216. The van der Waals surface area contributed by atoms with Gasteiger partial charge < -0.3 is 20.5 Å². The van der Waals surface area contributed by atoms with Gasteiger partial charge in [0, 0.05) is 17.0 Å². The third-order valence-corrected chi connectivity index (χ3v) is 3.81. The molecule has 0 saturated heterocycles. The van der Waals surface area contributed by atoms with Gasteiger partial charge in [-0.2, -0.15) is 4.98 Å². The molecule has 0 amide bonds. The highest BCUT2D eigenvalue weighted by atomic mass is 35.5. The molecule has 3 aromatic rings. The molecule has 4 rings (SSSR count). The minimum atomic E-state index is 0.216. The molecule has 0 bridgehead atoms. The van der Waals surface area contributed by atoms with Gasteiger partial charge >= 0.3 is 0 Å². The largest absolute Gasteiger partial charge is 0.454 e. The van der Waals surface area contributed by atoms with Crippen molar-refractivity contribution in [3.8, 4) is 11.5 Å². The van der Waals surface area contributed by atoms with Crippen LogP contribution < -0.4 is 20.5 Å². The fourth-order valence-electron chi connectivity index (χ4n) is 2.49. The lowest BCUT2D eigenvalue weighted by Crippen LogP contribution is -2.05. The van der Waals surface area contributed by atoms with Crippen LogP contribution in [0.15, 0.2) is 36.4 Å². The summed E-state index contributed by atoms with van der Waals surface area (Å²) in [5.74, 6) is 2.37. The highest BCUT2D eigenvalue weighted by Crippen LogP contribution is 2.33. The van der Waals surface area contributed by atoms with E-state index in [1.807, 2.05) is 30.3 Å². The summed E-state index contributed by atoms with van der Waals surface area (Å²) < 4.78 is 10.7. The van der Waals surface area contributed by atoms with E-state index in [9.17, 15) is 0 Å². The number of ether oxygens (including phenoxy) is 2. The number of halogens is 1. The molecule has 1 aliphatic heterocycles. The summed E-state index contributed by atoms with van der Waals surface area (Å²) >= 11 is 6.07. The number of rotatable bonds is 3. The van der Waals surface area contributed by atoms with Crippen LogP contribution in [0.3, 0.4) is 0 Å². The molecule has 2 heterocycles. The molecule has 0 aliphatic carbocycles. The average molecular weight is 329 g/mol. The van der Waals surface area contributed by atoms with Gasteiger partial charge in [-0.1, -0.05) is 17.7 Å². The Morgan fingerprint density at radius 2 is 1.96 bits per heavy atom. The van der Waals surface area contributed by atoms with Gasteiger partial charge in [-0.05, 0) is 35.9 Å². The van der Waals surface area contributed by atoms with Crippen LogP contribution >= 0.6 is 11.6 Å². The maximum Gasteiger partial charge on any atom is 0.231 e. The van der Waals surface area contributed by atoms with Crippen LogP contribution in [0.5, 0.6) is 11.5 Å². The maximum atomic E-state index is 6.07. The number of hydrogen-bond acceptors (Lipinski definition) is 6. The molecule has 0 saturated carbocycles. The van der Waals surface area contributed by atoms with Gasteiger partial charge in [-0.15, -0.1) is 0 Å². The molecule has 1 aliphatic rings. The van der Waals surface area contributed by atoms with Crippen molar-refractivity contribution in [1.29, 1.82) is 0 Å². The van der Waals surface area contributed by atoms with Crippen LogP contribution in [0, 0.1) is 0 Å². The molecule has 0 radical (unpaired) electrons. The molecule has 2 aromatic carbocycles. The van der Waals surface area contributed by atoms with E-state index in [1.165, 1.54) is 0 Å². The zero-order chi connectivity index (χ0) is 15.8. The van der Waals surface area contributed by atoms with Crippen molar-refractivity contribution in [2.75, 3.05) is 17.8 Å². The van der Waals surface area contributed by atoms with Crippen LogP contribution in [0.2, 0.25) is 5.02 Å². The second-order valence-electron chi connectivity index (χ2n) is 5.13. The molecule has 116 valence electrons. The molecule has 0 spiro atoms. The van der Waals surface area contributed by atoms with Crippen molar-refractivity contribution in [3.05, 3.63) is 47.0 Å². The number of aromatic nitrogens is 2. The Hall–Kier alpha value is -2.73. The number of benzene rings is 2. The summed E-state index contributed by atoms with van der Waals surface area (Å²) in [7, 11) is 0. The first-order chi connectivity index (χ1) is 11.2. The van der Waals surface area contributed by atoms with E-state index in [2.05, 4.69) is 15.3 Å². The Bertz CT molecular complexity index is 901. The lowest BCUT2D eigenvalue weighted by atomic mass is 10.2. The lowest BCUT2D eigenvalue weighted by molar-refractivity contribution is 0.174. The van der Waals surface area contributed by atoms with E-state index < -0.39 is 0 Å². The van der Waals surface area contributed by atoms with Crippen LogP contribution in [-0.4, -0.2) is 16.8 Å². The first-order valence-electron chi connectivity index (χ1n) is 7.04. The van der Waals surface area contributed by atoms with Gasteiger partial charge in [0.25, 0.3) is 0 Å². The Morgan fingerprint density at radius 3 is 2.87 bits per heavy atom. The highest BCUT2D eigenvalue weighted by Gasteiger charge is 2.13. The first kappa shape index (κ1) is 13.9. The van der Waals surface area contributed by atoms with E-state index in [-0.39, 0.29) is 12.7 Å². The molecule has 7 heteroatoms. The van der Waals surface area contributed by atoms with Gasteiger partial charge in [0.15, 0.2) is 11.5 Å². The second-order valence-corrected chi connectivity index (χ2v) is 5.57. The van der Waals surface area contributed by atoms with E-state index in [0.29, 0.717) is 17.4 Å². The zero-order valence-corrected chi connectivity index (χ0v) is 12.8. The molecule has 0 fully saturated rings. The Labute approximate surface area is 137 Å². The standard InChI is InChI=1S/C16H13ClN4O2/c17-10-2-3-12-11(6-10)15(21-16(18)20-12)19-7-9-1-4-13-14(5-9)23-8-22-13/h1-6H,7-8H2,(H3,18,19,20,21). The summed E-state index contributed by atoms with van der Waals surface area (Å²) in [4.78, 5) is 8.48. The molecule has 0 atom stereocenters. The zero-order valence-electron chi connectivity index (χ0n) is 12.0. The fourth-order valence-corrected chi connectivity index (χ4v) is 2.66. The van der Waals surface area contributed by atoms with Gasteiger partial charge in [-0.3, -0.25) is 0 Å². The van der Waals surface area contributed by atoms with Crippen molar-refractivity contribution in [3.63, 3.8) is 0 Å². The topological polar surface area (TPSA) is 82.3 Å². The molecular weight excluding hydrogens is 316 g/mol. The smallest absolute Gasteiger partial charge is 0.231 e. The number of anilines is 2. The number of hydrogen-bond donors (Lipinski definition) is 2.